The molecule has 18 heavy (non-hydrogen) atoms. The van der Waals surface area contributed by atoms with Crippen molar-refractivity contribution in [3.8, 4) is 5.69 Å². The van der Waals surface area contributed by atoms with E-state index in [1.807, 2.05) is 4.68 Å². The molecule has 3 rings (SSSR count). The van der Waals surface area contributed by atoms with Gasteiger partial charge in [-0.15, -0.1) is 5.10 Å². The fraction of sp³-hybridized carbons (Fsp3) is 0.462. The molecule has 0 bridgehead atoms. The summed E-state index contributed by atoms with van der Waals surface area (Å²) >= 11 is 0. The number of aryl methyl sites for hydroxylation is 2. The fourth-order valence-electron chi connectivity index (χ4n) is 2.44. The Balaban J connectivity index is 2.06. The van der Waals surface area contributed by atoms with Crippen molar-refractivity contribution in [3.63, 3.8) is 0 Å². The molecule has 0 amide bonds. The molecule has 1 saturated heterocycles. The van der Waals surface area contributed by atoms with Crippen LogP contribution in [0.25, 0.3) is 5.69 Å². The molecule has 94 valence electrons. The zero-order valence-corrected chi connectivity index (χ0v) is 10.7. The highest BCUT2D eigenvalue weighted by molar-refractivity contribution is 5.42. The lowest BCUT2D eigenvalue weighted by molar-refractivity contribution is 0.582. The summed E-state index contributed by atoms with van der Waals surface area (Å²) in [6, 6.07) is 6.62. The van der Waals surface area contributed by atoms with Gasteiger partial charge in [-0.1, -0.05) is 12.1 Å². The van der Waals surface area contributed by atoms with E-state index in [1.54, 1.807) is 0 Å². The first-order valence-corrected chi connectivity index (χ1v) is 6.35. The second-order valence-electron chi connectivity index (χ2n) is 4.89. The van der Waals surface area contributed by atoms with Gasteiger partial charge in [-0.3, -0.25) is 0 Å². The highest BCUT2D eigenvalue weighted by atomic mass is 15.5. The third-order valence-corrected chi connectivity index (χ3v) is 3.46. The first-order chi connectivity index (χ1) is 8.75. The van der Waals surface area contributed by atoms with Crippen molar-refractivity contribution in [1.29, 1.82) is 0 Å². The van der Waals surface area contributed by atoms with Gasteiger partial charge in [-0.2, -0.15) is 4.68 Å². The second-order valence-corrected chi connectivity index (χ2v) is 4.89. The molecular formula is C13H17N5. The number of nitrogens with zero attached hydrogens (tertiary/aromatic N) is 4. The Labute approximate surface area is 106 Å². The average molecular weight is 243 g/mol. The minimum atomic E-state index is 0.278. The maximum atomic E-state index is 4.18. The molecule has 1 atom stereocenters. The van der Waals surface area contributed by atoms with Crippen LogP contribution in [0.1, 0.15) is 35.8 Å². The lowest BCUT2D eigenvalue weighted by Crippen LogP contribution is -2.18. The fourth-order valence-corrected chi connectivity index (χ4v) is 2.44. The standard InChI is InChI=1S/C13H17N5/c1-9-5-6-10(2)12(8-9)18-13(15-16-17-18)11-4-3-7-14-11/h5-6,8,11,14H,3-4,7H2,1-2H3. The van der Waals surface area contributed by atoms with E-state index in [9.17, 15) is 0 Å². The summed E-state index contributed by atoms with van der Waals surface area (Å²) in [6.45, 7) is 5.22. The van der Waals surface area contributed by atoms with Crippen LogP contribution in [0.4, 0.5) is 0 Å². The van der Waals surface area contributed by atoms with Crippen LogP contribution in [0, 0.1) is 13.8 Å². The van der Waals surface area contributed by atoms with E-state index < -0.39 is 0 Å². The molecule has 0 spiro atoms. The van der Waals surface area contributed by atoms with Crippen molar-refractivity contribution >= 4 is 0 Å². The van der Waals surface area contributed by atoms with Crippen molar-refractivity contribution in [3.05, 3.63) is 35.2 Å². The summed E-state index contributed by atoms with van der Waals surface area (Å²) in [6.07, 6.45) is 2.29. The number of hydrogen-bond acceptors (Lipinski definition) is 4. The van der Waals surface area contributed by atoms with Crippen molar-refractivity contribution in [2.45, 2.75) is 32.7 Å². The summed E-state index contributed by atoms with van der Waals surface area (Å²) in [5.41, 5.74) is 3.48. The minimum Gasteiger partial charge on any atom is -0.307 e. The highest BCUT2D eigenvalue weighted by Gasteiger charge is 2.23. The maximum Gasteiger partial charge on any atom is 0.173 e. The number of aromatic nitrogens is 4. The number of rotatable bonds is 2. The number of hydrogen-bond donors (Lipinski definition) is 1. The van der Waals surface area contributed by atoms with Crippen LogP contribution in [-0.4, -0.2) is 26.8 Å². The minimum absolute atomic E-state index is 0.278. The Hall–Kier alpha value is -1.75. The molecule has 2 heterocycles. The zero-order chi connectivity index (χ0) is 12.5. The van der Waals surface area contributed by atoms with E-state index in [1.165, 1.54) is 17.5 Å². The van der Waals surface area contributed by atoms with Gasteiger partial charge in [0.15, 0.2) is 5.82 Å². The molecule has 0 saturated carbocycles. The molecule has 1 fully saturated rings. The molecule has 1 aromatic heterocycles. The predicted molar refractivity (Wildman–Crippen MR) is 68.6 cm³/mol. The van der Waals surface area contributed by atoms with E-state index in [2.05, 4.69) is 52.9 Å². The van der Waals surface area contributed by atoms with E-state index in [0.29, 0.717) is 0 Å². The van der Waals surface area contributed by atoms with Crippen LogP contribution >= 0.6 is 0 Å². The summed E-state index contributed by atoms with van der Waals surface area (Å²) in [5.74, 6) is 0.918. The van der Waals surface area contributed by atoms with Crippen LogP contribution in [0.5, 0.6) is 0 Å². The van der Waals surface area contributed by atoms with Gasteiger partial charge in [0.25, 0.3) is 0 Å². The lowest BCUT2D eigenvalue weighted by atomic mass is 10.1. The monoisotopic (exact) mass is 243 g/mol. The third kappa shape index (κ3) is 1.90. The molecule has 1 aliphatic heterocycles. The predicted octanol–water partition coefficient (Wildman–Crippen LogP) is 1.70. The van der Waals surface area contributed by atoms with Gasteiger partial charge >= 0.3 is 0 Å². The molecule has 5 heteroatoms. The summed E-state index contributed by atoms with van der Waals surface area (Å²) in [7, 11) is 0. The molecule has 5 nitrogen and oxygen atoms in total. The summed E-state index contributed by atoms with van der Waals surface area (Å²) in [4.78, 5) is 0. The SMILES string of the molecule is Cc1ccc(C)c(-n2nnnc2C2CCCN2)c1. The molecule has 2 aromatic rings. The number of benzene rings is 1. The Morgan fingerprint density at radius 2 is 2.22 bits per heavy atom. The topological polar surface area (TPSA) is 55.6 Å². The third-order valence-electron chi connectivity index (χ3n) is 3.46. The molecule has 0 radical (unpaired) electrons. The Morgan fingerprint density at radius 1 is 1.33 bits per heavy atom. The molecule has 1 N–H and O–H groups in total. The molecule has 0 aliphatic carbocycles. The van der Waals surface area contributed by atoms with Crippen LogP contribution in [0.3, 0.4) is 0 Å². The first-order valence-electron chi connectivity index (χ1n) is 6.35. The van der Waals surface area contributed by atoms with Crippen molar-refractivity contribution in [2.24, 2.45) is 0 Å². The zero-order valence-electron chi connectivity index (χ0n) is 10.7. The van der Waals surface area contributed by atoms with Gasteiger partial charge in [0.05, 0.1) is 11.7 Å². The van der Waals surface area contributed by atoms with Crippen LogP contribution in [0.2, 0.25) is 0 Å². The van der Waals surface area contributed by atoms with Crippen molar-refractivity contribution in [2.75, 3.05) is 6.54 Å². The maximum absolute atomic E-state index is 4.18. The van der Waals surface area contributed by atoms with E-state index >= 15 is 0 Å². The van der Waals surface area contributed by atoms with Crippen LogP contribution < -0.4 is 5.32 Å². The van der Waals surface area contributed by atoms with Crippen molar-refractivity contribution < 1.29 is 0 Å². The number of nitrogens with one attached hydrogen (secondary N) is 1. The van der Waals surface area contributed by atoms with Gasteiger partial charge in [-0.25, -0.2) is 0 Å². The Morgan fingerprint density at radius 3 is 3.00 bits per heavy atom. The van der Waals surface area contributed by atoms with Gasteiger partial charge in [0.2, 0.25) is 0 Å². The van der Waals surface area contributed by atoms with Crippen LogP contribution in [-0.2, 0) is 0 Å². The molecule has 1 unspecified atom stereocenters. The molecule has 1 aromatic carbocycles. The lowest BCUT2D eigenvalue weighted by Gasteiger charge is -2.12. The van der Waals surface area contributed by atoms with E-state index in [-0.39, 0.29) is 6.04 Å². The van der Waals surface area contributed by atoms with Gasteiger partial charge in [0, 0.05) is 0 Å². The van der Waals surface area contributed by atoms with E-state index in [0.717, 1.165) is 24.5 Å². The average Bonchev–Trinajstić information content (AvgIpc) is 3.00. The molecular weight excluding hydrogens is 226 g/mol. The van der Waals surface area contributed by atoms with Gasteiger partial charge in [-0.05, 0) is 60.9 Å². The smallest absolute Gasteiger partial charge is 0.173 e. The largest absolute Gasteiger partial charge is 0.307 e. The van der Waals surface area contributed by atoms with Gasteiger partial charge < -0.3 is 5.32 Å². The Bertz CT molecular complexity index is 554. The number of tetrazole rings is 1. The van der Waals surface area contributed by atoms with Crippen LogP contribution in [0.15, 0.2) is 18.2 Å². The molecule has 1 aliphatic rings. The summed E-state index contributed by atoms with van der Waals surface area (Å²) in [5, 5.41) is 15.6. The first kappa shape index (κ1) is 11.3. The quantitative estimate of drug-likeness (QED) is 0.872. The van der Waals surface area contributed by atoms with Gasteiger partial charge in [0.1, 0.15) is 0 Å². The Kier molecular flexibility index (Phi) is 2.83. The normalized spacial score (nSPS) is 19.3. The van der Waals surface area contributed by atoms with E-state index in [4.69, 9.17) is 0 Å². The van der Waals surface area contributed by atoms with Crippen molar-refractivity contribution in [1.82, 2.24) is 25.5 Å². The second kappa shape index (κ2) is 4.49. The highest BCUT2D eigenvalue weighted by Crippen LogP contribution is 2.24. The summed E-state index contributed by atoms with van der Waals surface area (Å²) < 4.78 is 1.87.